The molecule has 146 valence electrons. The van der Waals surface area contributed by atoms with Crippen molar-refractivity contribution < 1.29 is 9.84 Å². The van der Waals surface area contributed by atoms with Crippen molar-refractivity contribution in [3.63, 3.8) is 0 Å². The van der Waals surface area contributed by atoms with Gasteiger partial charge in [-0.15, -0.1) is 0 Å². The molecule has 0 saturated carbocycles. The summed E-state index contributed by atoms with van der Waals surface area (Å²) >= 11 is 0. The number of hydrogen-bond acceptors (Lipinski definition) is 7. The average Bonchev–Trinajstić information content (AvgIpc) is 2.62. The van der Waals surface area contributed by atoms with Crippen LogP contribution >= 0.6 is 0 Å². The quantitative estimate of drug-likeness (QED) is 0.799. The van der Waals surface area contributed by atoms with E-state index >= 15 is 0 Å². The Kier molecular flexibility index (Phi) is 6.80. The van der Waals surface area contributed by atoms with Crippen molar-refractivity contribution in [3.05, 3.63) is 17.6 Å². The van der Waals surface area contributed by atoms with Gasteiger partial charge in [0.05, 0.1) is 19.3 Å². The summed E-state index contributed by atoms with van der Waals surface area (Å²) in [5, 5.41) is 10.4. The van der Waals surface area contributed by atoms with Crippen LogP contribution in [0.4, 0.5) is 5.82 Å². The molecule has 0 spiro atoms. The van der Waals surface area contributed by atoms with Crippen molar-refractivity contribution in [1.82, 2.24) is 19.8 Å². The number of aromatic nitrogens is 2. The first kappa shape index (κ1) is 19.5. The maximum Gasteiger partial charge on any atom is 0.133 e. The van der Waals surface area contributed by atoms with Gasteiger partial charge in [0.2, 0.25) is 0 Å². The molecule has 2 aliphatic rings. The van der Waals surface area contributed by atoms with Crippen LogP contribution in [0.2, 0.25) is 0 Å². The lowest BCUT2D eigenvalue weighted by molar-refractivity contribution is 0.00655. The summed E-state index contributed by atoms with van der Waals surface area (Å²) in [5.41, 5.74) is 1.03. The zero-order valence-corrected chi connectivity index (χ0v) is 16.4. The fourth-order valence-corrected chi connectivity index (χ4v) is 3.59. The van der Waals surface area contributed by atoms with Crippen molar-refractivity contribution >= 4 is 5.82 Å². The number of morpholine rings is 1. The van der Waals surface area contributed by atoms with E-state index in [1.165, 1.54) is 0 Å². The van der Waals surface area contributed by atoms with Crippen molar-refractivity contribution in [1.29, 1.82) is 0 Å². The number of ether oxygens (including phenoxy) is 1. The molecule has 1 aromatic rings. The Balaban J connectivity index is 1.48. The van der Waals surface area contributed by atoms with Gasteiger partial charge in [-0.1, -0.05) is 13.8 Å². The molecule has 26 heavy (non-hydrogen) atoms. The van der Waals surface area contributed by atoms with Crippen LogP contribution in [0.15, 0.2) is 6.07 Å². The predicted octanol–water partition coefficient (Wildman–Crippen LogP) is 0.724. The Labute approximate surface area is 157 Å². The van der Waals surface area contributed by atoms with Crippen LogP contribution in [0.3, 0.4) is 0 Å². The molecule has 1 aromatic heterocycles. The summed E-state index contributed by atoms with van der Waals surface area (Å²) in [6.45, 7) is 15.0. The van der Waals surface area contributed by atoms with Crippen LogP contribution in [0.1, 0.15) is 31.3 Å². The van der Waals surface area contributed by atoms with E-state index in [-0.39, 0.29) is 6.10 Å². The van der Waals surface area contributed by atoms with Crippen LogP contribution in [0, 0.1) is 6.92 Å². The largest absolute Gasteiger partial charge is 0.390 e. The predicted molar refractivity (Wildman–Crippen MR) is 103 cm³/mol. The minimum Gasteiger partial charge on any atom is -0.390 e. The van der Waals surface area contributed by atoms with E-state index in [1.807, 2.05) is 6.92 Å². The Morgan fingerprint density at radius 1 is 1.00 bits per heavy atom. The van der Waals surface area contributed by atoms with Crippen molar-refractivity contribution in [2.45, 2.75) is 32.8 Å². The molecule has 0 bridgehead atoms. The second-order valence-electron chi connectivity index (χ2n) is 7.73. The highest BCUT2D eigenvalue weighted by Crippen LogP contribution is 2.18. The lowest BCUT2D eigenvalue weighted by Crippen LogP contribution is -2.51. The summed E-state index contributed by atoms with van der Waals surface area (Å²) < 4.78 is 5.37. The molecule has 0 aromatic carbocycles. The number of nitrogens with zero attached hydrogens (tertiary/aromatic N) is 5. The van der Waals surface area contributed by atoms with E-state index in [0.717, 1.165) is 82.9 Å². The van der Waals surface area contributed by atoms with E-state index in [1.54, 1.807) is 0 Å². The third-order valence-electron chi connectivity index (χ3n) is 5.11. The molecule has 3 heterocycles. The fourth-order valence-electron chi connectivity index (χ4n) is 3.59. The average molecular weight is 364 g/mol. The Morgan fingerprint density at radius 2 is 1.62 bits per heavy atom. The summed E-state index contributed by atoms with van der Waals surface area (Å²) in [6.07, 6.45) is -0.298. The molecule has 7 heteroatoms. The number of aryl methyl sites for hydroxylation is 1. The number of aliphatic hydroxyl groups excluding tert-OH is 1. The van der Waals surface area contributed by atoms with E-state index in [0.29, 0.717) is 5.92 Å². The van der Waals surface area contributed by atoms with E-state index in [2.05, 4.69) is 39.6 Å². The molecule has 0 aliphatic carbocycles. The monoisotopic (exact) mass is 363 g/mol. The minimum absolute atomic E-state index is 0.298. The van der Waals surface area contributed by atoms with Crippen molar-refractivity contribution in [3.8, 4) is 0 Å². The zero-order chi connectivity index (χ0) is 18.5. The molecule has 0 radical (unpaired) electrons. The Hall–Kier alpha value is -1.28. The summed E-state index contributed by atoms with van der Waals surface area (Å²) in [6, 6.07) is 2.08. The van der Waals surface area contributed by atoms with Gasteiger partial charge in [-0.25, -0.2) is 9.97 Å². The molecule has 2 saturated heterocycles. The lowest BCUT2D eigenvalue weighted by atomic mass is 10.2. The first-order valence-corrected chi connectivity index (χ1v) is 9.82. The Morgan fingerprint density at radius 3 is 2.23 bits per heavy atom. The third-order valence-corrected chi connectivity index (χ3v) is 5.11. The Bertz CT molecular complexity index is 569. The van der Waals surface area contributed by atoms with Gasteiger partial charge in [-0.3, -0.25) is 9.80 Å². The van der Waals surface area contributed by atoms with Gasteiger partial charge >= 0.3 is 0 Å². The first-order chi connectivity index (χ1) is 12.5. The van der Waals surface area contributed by atoms with Crippen LogP contribution in [0.25, 0.3) is 0 Å². The lowest BCUT2D eigenvalue weighted by Gasteiger charge is -2.37. The SMILES string of the molecule is Cc1cc(N2CCN(C[C@H](O)CN3CCOCC3)CC2)nc(C(C)C)n1. The fraction of sp³-hybridized carbons (Fsp3) is 0.789. The molecule has 7 nitrogen and oxygen atoms in total. The van der Waals surface area contributed by atoms with Crippen LogP contribution in [-0.4, -0.2) is 96.6 Å². The van der Waals surface area contributed by atoms with E-state index < -0.39 is 0 Å². The first-order valence-electron chi connectivity index (χ1n) is 9.82. The second-order valence-corrected chi connectivity index (χ2v) is 7.73. The number of β-amino-alcohol motifs (C(OH)–C–C–N with tert-alkyl or cyclic N) is 1. The topological polar surface area (TPSA) is 65.0 Å². The van der Waals surface area contributed by atoms with E-state index in [4.69, 9.17) is 9.72 Å². The summed E-state index contributed by atoms with van der Waals surface area (Å²) in [5.74, 6) is 2.29. The van der Waals surface area contributed by atoms with Gasteiger partial charge in [0.25, 0.3) is 0 Å². The molecular formula is C19H33N5O2. The second kappa shape index (κ2) is 9.08. The molecule has 2 aliphatic heterocycles. The minimum atomic E-state index is -0.298. The number of aliphatic hydroxyl groups is 1. The molecule has 3 rings (SSSR count). The number of piperazine rings is 1. The highest BCUT2D eigenvalue weighted by molar-refractivity contribution is 5.40. The highest BCUT2D eigenvalue weighted by Gasteiger charge is 2.22. The highest BCUT2D eigenvalue weighted by atomic mass is 16.5. The van der Waals surface area contributed by atoms with Gasteiger partial charge < -0.3 is 14.7 Å². The third kappa shape index (κ3) is 5.36. The van der Waals surface area contributed by atoms with E-state index in [9.17, 15) is 5.11 Å². The van der Waals surface area contributed by atoms with Crippen LogP contribution in [0.5, 0.6) is 0 Å². The number of hydrogen-bond donors (Lipinski definition) is 1. The zero-order valence-electron chi connectivity index (χ0n) is 16.4. The van der Waals surface area contributed by atoms with Gasteiger partial charge in [0.1, 0.15) is 11.6 Å². The number of anilines is 1. The van der Waals surface area contributed by atoms with Crippen LogP contribution in [-0.2, 0) is 4.74 Å². The van der Waals surface area contributed by atoms with Gasteiger partial charge in [-0.05, 0) is 6.92 Å². The van der Waals surface area contributed by atoms with Crippen LogP contribution < -0.4 is 4.90 Å². The molecule has 0 unspecified atom stereocenters. The van der Waals surface area contributed by atoms with Gasteiger partial charge in [-0.2, -0.15) is 0 Å². The normalized spacial score (nSPS) is 21.3. The molecule has 0 amide bonds. The summed E-state index contributed by atoms with van der Waals surface area (Å²) in [4.78, 5) is 16.3. The standard InChI is InChI=1S/C19H33N5O2/c1-15(2)19-20-16(3)12-18(21-19)24-6-4-22(5-7-24)13-17(25)14-23-8-10-26-11-9-23/h12,15,17,25H,4-11,13-14H2,1-3H3/t17-/m0/s1. The smallest absolute Gasteiger partial charge is 0.133 e. The summed E-state index contributed by atoms with van der Waals surface area (Å²) in [7, 11) is 0. The number of rotatable bonds is 6. The molecule has 1 atom stereocenters. The molecule has 2 fully saturated rings. The van der Waals surface area contributed by atoms with Crippen molar-refractivity contribution in [2.24, 2.45) is 0 Å². The van der Waals surface area contributed by atoms with Gasteiger partial charge in [0, 0.05) is 70.0 Å². The maximum absolute atomic E-state index is 10.4. The molecular weight excluding hydrogens is 330 g/mol. The maximum atomic E-state index is 10.4. The van der Waals surface area contributed by atoms with Gasteiger partial charge in [0.15, 0.2) is 0 Å². The van der Waals surface area contributed by atoms with Crippen molar-refractivity contribution in [2.75, 3.05) is 70.5 Å². The molecule has 1 N–H and O–H groups in total.